The Labute approximate surface area is 51.7 Å². The van der Waals surface area contributed by atoms with Crippen molar-refractivity contribution in [3.8, 4) is 5.88 Å². The van der Waals surface area contributed by atoms with Crippen molar-refractivity contribution >= 4 is 5.91 Å². The molecule has 0 aromatic carbocycles. The lowest BCUT2D eigenvalue weighted by molar-refractivity contribution is -0.482. The molecule has 0 aliphatic rings. The summed E-state index contributed by atoms with van der Waals surface area (Å²) in [6.45, 7) is 1.40. The Bertz CT molecular complexity index is 229. The van der Waals surface area contributed by atoms with Gasteiger partial charge in [0.2, 0.25) is 0 Å². The number of hydrogen-bond acceptors (Lipinski definition) is 2. The maximum absolute atomic E-state index is 10.5. The molecule has 0 aliphatic heterocycles. The zero-order chi connectivity index (χ0) is 6.85. The van der Waals surface area contributed by atoms with Crippen LogP contribution in [0.2, 0.25) is 0 Å². The fourth-order valence-electron chi connectivity index (χ4n) is 0.527. The van der Waals surface area contributed by atoms with Gasteiger partial charge in [-0.1, -0.05) is 9.78 Å². The molecule has 0 bridgehead atoms. The van der Waals surface area contributed by atoms with Crippen molar-refractivity contribution in [2.24, 2.45) is 0 Å². The molecular formula is C5H7N2O2+. The Morgan fingerprint density at radius 3 is 2.78 bits per heavy atom. The summed E-state index contributed by atoms with van der Waals surface area (Å²) in [5.41, 5.74) is 0. The highest BCUT2D eigenvalue weighted by Crippen LogP contribution is 1.93. The summed E-state index contributed by atoms with van der Waals surface area (Å²) in [6.07, 6.45) is 1.46. The van der Waals surface area contributed by atoms with E-state index in [1.54, 1.807) is 0 Å². The number of rotatable bonds is 0. The van der Waals surface area contributed by atoms with Gasteiger partial charge < -0.3 is 5.11 Å². The standard InChI is InChI=1S/C5H6N2O2/c1-4(8)7-3-2-5(9)6-7/h2-3H,1H3,(H,6,9)/p+1. The first-order valence-corrected chi connectivity index (χ1v) is 2.51. The topological polar surface area (TPSA) is 56.4 Å². The Kier molecular flexibility index (Phi) is 1.22. The highest BCUT2D eigenvalue weighted by atomic mass is 16.3. The van der Waals surface area contributed by atoms with Crippen LogP contribution in [0.5, 0.6) is 5.88 Å². The molecule has 2 N–H and O–H groups in total. The largest absolute Gasteiger partial charge is 0.458 e. The first-order chi connectivity index (χ1) is 4.20. The number of H-pyrrole nitrogens is 1. The van der Waals surface area contributed by atoms with E-state index in [1.807, 2.05) is 0 Å². The molecule has 9 heavy (non-hydrogen) atoms. The predicted molar refractivity (Wildman–Crippen MR) is 29.0 cm³/mol. The molecule has 0 radical (unpaired) electrons. The van der Waals surface area contributed by atoms with Crippen molar-refractivity contribution in [1.82, 2.24) is 4.68 Å². The van der Waals surface area contributed by atoms with Crippen molar-refractivity contribution in [3.05, 3.63) is 12.3 Å². The summed E-state index contributed by atoms with van der Waals surface area (Å²) in [5, 5.41) is 11.1. The third-order valence-corrected chi connectivity index (χ3v) is 0.956. The lowest BCUT2D eigenvalue weighted by Gasteiger charge is -1.80. The Balaban J connectivity index is 2.98. The van der Waals surface area contributed by atoms with Gasteiger partial charge in [0.1, 0.15) is 0 Å². The molecule has 1 rings (SSSR count). The summed E-state index contributed by atoms with van der Waals surface area (Å²) in [5.74, 6) is -0.166. The third-order valence-electron chi connectivity index (χ3n) is 0.956. The number of hydrogen-bond donors (Lipinski definition) is 1. The summed E-state index contributed by atoms with van der Waals surface area (Å²) >= 11 is 0. The van der Waals surface area contributed by atoms with Gasteiger partial charge in [0.25, 0.3) is 5.91 Å². The number of nitrogens with one attached hydrogen (secondary N) is 1. The molecule has 0 spiro atoms. The fraction of sp³-hybridized carbons (Fsp3) is 0.200. The first-order valence-electron chi connectivity index (χ1n) is 2.51. The summed E-state index contributed by atoms with van der Waals surface area (Å²) in [7, 11) is 0. The Morgan fingerprint density at radius 2 is 2.56 bits per heavy atom. The van der Waals surface area contributed by atoms with Crippen LogP contribution in [-0.2, 0) is 0 Å². The SMILES string of the molecule is CC(=O)n1ccc(O)[nH+]1. The van der Waals surface area contributed by atoms with E-state index in [0.717, 1.165) is 0 Å². The van der Waals surface area contributed by atoms with Gasteiger partial charge in [-0.15, -0.1) is 0 Å². The molecular weight excluding hydrogens is 120 g/mol. The van der Waals surface area contributed by atoms with Crippen molar-refractivity contribution < 1.29 is 15.0 Å². The highest BCUT2D eigenvalue weighted by Gasteiger charge is 2.04. The van der Waals surface area contributed by atoms with Crippen LogP contribution < -0.4 is 5.10 Å². The minimum atomic E-state index is -0.157. The van der Waals surface area contributed by atoms with Gasteiger partial charge >= 0.3 is 5.88 Å². The van der Waals surface area contributed by atoms with Crippen LogP contribution >= 0.6 is 0 Å². The summed E-state index contributed by atoms with van der Waals surface area (Å²) in [6, 6.07) is 1.40. The molecule has 1 aromatic rings. The molecule has 0 atom stereocenters. The molecule has 0 unspecified atom stereocenters. The van der Waals surface area contributed by atoms with Crippen LogP contribution in [0.4, 0.5) is 0 Å². The fourth-order valence-corrected chi connectivity index (χ4v) is 0.527. The van der Waals surface area contributed by atoms with Gasteiger partial charge in [-0.2, -0.15) is 0 Å². The van der Waals surface area contributed by atoms with Gasteiger partial charge in [0.15, 0.2) is 0 Å². The van der Waals surface area contributed by atoms with Crippen molar-refractivity contribution in [1.29, 1.82) is 0 Å². The van der Waals surface area contributed by atoms with E-state index in [2.05, 4.69) is 5.10 Å². The second kappa shape index (κ2) is 1.89. The molecule has 0 amide bonds. The minimum absolute atomic E-state index is 0.00907. The average molecular weight is 127 g/mol. The van der Waals surface area contributed by atoms with E-state index >= 15 is 0 Å². The van der Waals surface area contributed by atoms with Gasteiger partial charge in [-0.3, -0.25) is 4.79 Å². The van der Waals surface area contributed by atoms with Crippen LogP contribution in [-0.4, -0.2) is 15.7 Å². The first kappa shape index (κ1) is 5.81. The predicted octanol–water partition coefficient (Wildman–Crippen LogP) is -0.332. The normalized spacial score (nSPS) is 9.44. The molecule has 48 valence electrons. The van der Waals surface area contributed by atoms with Crippen LogP contribution in [0.1, 0.15) is 11.7 Å². The van der Waals surface area contributed by atoms with Gasteiger partial charge in [-0.25, -0.2) is 0 Å². The molecule has 4 nitrogen and oxygen atoms in total. The second-order valence-electron chi connectivity index (χ2n) is 1.70. The molecule has 1 aromatic heterocycles. The van der Waals surface area contributed by atoms with Crippen LogP contribution in [0, 0.1) is 0 Å². The smallest absolute Gasteiger partial charge is 0.389 e. The average Bonchev–Trinajstić information content (AvgIpc) is 2.14. The zero-order valence-corrected chi connectivity index (χ0v) is 4.96. The van der Waals surface area contributed by atoms with Crippen molar-refractivity contribution in [2.45, 2.75) is 6.92 Å². The van der Waals surface area contributed by atoms with Crippen LogP contribution in [0.3, 0.4) is 0 Å². The summed E-state index contributed by atoms with van der Waals surface area (Å²) in [4.78, 5) is 10.5. The number of aromatic hydroxyl groups is 1. The molecule has 0 saturated carbocycles. The maximum atomic E-state index is 10.5. The Morgan fingerprint density at radius 1 is 1.89 bits per heavy atom. The molecule has 1 heterocycles. The van der Waals surface area contributed by atoms with E-state index in [0.29, 0.717) is 0 Å². The van der Waals surface area contributed by atoms with Gasteiger partial charge in [-0.05, 0) is 0 Å². The molecule has 0 fully saturated rings. The third kappa shape index (κ3) is 1.07. The minimum Gasteiger partial charge on any atom is -0.458 e. The number of aromatic amines is 1. The van der Waals surface area contributed by atoms with Crippen molar-refractivity contribution in [3.63, 3.8) is 0 Å². The number of carbonyl (C=O) groups excluding carboxylic acids is 1. The van der Waals surface area contributed by atoms with Crippen LogP contribution in [0.15, 0.2) is 12.3 Å². The van der Waals surface area contributed by atoms with E-state index in [4.69, 9.17) is 5.11 Å². The lowest BCUT2D eigenvalue weighted by Crippen LogP contribution is -2.21. The second-order valence-corrected chi connectivity index (χ2v) is 1.70. The maximum Gasteiger partial charge on any atom is 0.389 e. The van der Waals surface area contributed by atoms with Gasteiger partial charge in [0, 0.05) is 6.92 Å². The van der Waals surface area contributed by atoms with E-state index in [9.17, 15) is 4.79 Å². The number of carbonyl (C=O) groups is 1. The Hall–Kier alpha value is -1.32. The monoisotopic (exact) mass is 127 g/mol. The number of nitrogens with zero attached hydrogens (tertiary/aromatic N) is 1. The lowest BCUT2D eigenvalue weighted by atomic mass is 10.7. The molecule has 4 heteroatoms. The number of aromatic nitrogens is 2. The molecule has 0 aliphatic carbocycles. The van der Waals surface area contributed by atoms with Gasteiger partial charge in [0.05, 0.1) is 12.3 Å². The van der Waals surface area contributed by atoms with E-state index in [1.165, 1.54) is 23.9 Å². The molecule has 0 saturated heterocycles. The van der Waals surface area contributed by atoms with Crippen LogP contribution in [0.25, 0.3) is 0 Å². The van der Waals surface area contributed by atoms with Crippen molar-refractivity contribution in [2.75, 3.05) is 0 Å². The zero-order valence-electron chi connectivity index (χ0n) is 4.96. The quantitative estimate of drug-likeness (QED) is 0.518. The highest BCUT2D eigenvalue weighted by molar-refractivity contribution is 5.74. The van der Waals surface area contributed by atoms with E-state index in [-0.39, 0.29) is 11.8 Å². The van der Waals surface area contributed by atoms with E-state index < -0.39 is 0 Å². The summed E-state index contributed by atoms with van der Waals surface area (Å²) < 4.78 is 1.19.